The van der Waals surface area contributed by atoms with Crippen molar-refractivity contribution in [2.75, 3.05) is 5.32 Å². The molecule has 0 aliphatic heterocycles. The van der Waals surface area contributed by atoms with E-state index in [1.807, 2.05) is 123 Å². The summed E-state index contributed by atoms with van der Waals surface area (Å²) in [4.78, 5) is 25.6. The van der Waals surface area contributed by atoms with Gasteiger partial charge in [-0.1, -0.05) is 104 Å². The fraction of sp³-hybridized carbons (Fsp3) is 0.161. The van der Waals surface area contributed by atoms with E-state index in [0.717, 1.165) is 33.2 Å². The lowest BCUT2D eigenvalue weighted by molar-refractivity contribution is -0.118. The van der Waals surface area contributed by atoms with Gasteiger partial charge in [0.05, 0.1) is 12.0 Å². The zero-order valence-electron chi connectivity index (χ0n) is 20.5. The molecule has 0 saturated carbocycles. The summed E-state index contributed by atoms with van der Waals surface area (Å²) in [7, 11) is 0. The topological polar surface area (TPSA) is 67.4 Å². The van der Waals surface area contributed by atoms with E-state index < -0.39 is 18.1 Å². The summed E-state index contributed by atoms with van der Waals surface area (Å²) in [5, 5.41) is 8.15. The number of benzene rings is 4. The molecule has 0 aliphatic carbocycles. The molecule has 2 N–H and O–H groups in total. The summed E-state index contributed by atoms with van der Waals surface area (Å²) in [6.45, 7) is 3.94. The lowest BCUT2D eigenvalue weighted by Gasteiger charge is -2.21. The third-order valence-electron chi connectivity index (χ3n) is 6.01. The maximum Gasteiger partial charge on any atom is 0.408 e. The lowest BCUT2D eigenvalue weighted by atomic mass is 9.96. The molecule has 4 aromatic carbocycles. The van der Waals surface area contributed by atoms with Crippen molar-refractivity contribution in [3.8, 4) is 0 Å². The first kappa shape index (κ1) is 24.7. The van der Waals surface area contributed by atoms with Crippen LogP contribution >= 0.6 is 0 Å². The van der Waals surface area contributed by atoms with Crippen LogP contribution in [0.1, 0.15) is 31.0 Å². The van der Waals surface area contributed by atoms with Gasteiger partial charge < -0.3 is 15.4 Å². The normalized spacial score (nSPS) is 13.0. The van der Waals surface area contributed by atoms with Crippen LogP contribution in [0.2, 0.25) is 0 Å². The predicted molar refractivity (Wildman–Crippen MR) is 144 cm³/mol. The van der Waals surface area contributed by atoms with Crippen molar-refractivity contribution < 1.29 is 14.3 Å². The van der Waals surface area contributed by atoms with E-state index in [-0.39, 0.29) is 12.5 Å². The number of rotatable bonds is 8. The Kier molecular flexibility index (Phi) is 8.14. The highest BCUT2D eigenvalue weighted by Gasteiger charge is 2.20. The zero-order valence-corrected chi connectivity index (χ0v) is 20.5. The van der Waals surface area contributed by atoms with Gasteiger partial charge in [-0.05, 0) is 46.5 Å². The van der Waals surface area contributed by atoms with Gasteiger partial charge in [0.1, 0.15) is 6.61 Å². The van der Waals surface area contributed by atoms with Gasteiger partial charge in [-0.25, -0.2) is 4.79 Å². The third kappa shape index (κ3) is 6.60. The molecule has 0 radical (unpaired) electrons. The summed E-state index contributed by atoms with van der Waals surface area (Å²) in [6.07, 6.45) is 1.36. The molecule has 182 valence electrons. The Morgan fingerprint density at radius 3 is 2.19 bits per heavy atom. The van der Waals surface area contributed by atoms with E-state index in [1.54, 1.807) is 0 Å². The van der Waals surface area contributed by atoms with Gasteiger partial charge in [-0.2, -0.15) is 0 Å². The van der Waals surface area contributed by atoms with Gasteiger partial charge in [0.25, 0.3) is 0 Å². The molecule has 0 aliphatic rings. The van der Waals surface area contributed by atoms with E-state index in [1.165, 1.54) is 0 Å². The molecule has 0 aromatic heterocycles. The van der Waals surface area contributed by atoms with Crippen LogP contribution in [0.25, 0.3) is 10.8 Å². The molecule has 0 bridgehead atoms. The lowest BCUT2D eigenvalue weighted by Crippen LogP contribution is -2.30. The number of hydrogen-bond acceptors (Lipinski definition) is 3. The van der Waals surface area contributed by atoms with Gasteiger partial charge in [-0.3, -0.25) is 4.79 Å². The van der Waals surface area contributed by atoms with Crippen molar-refractivity contribution in [1.29, 1.82) is 0 Å². The van der Waals surface area contributed by atoms with Crippen molar-refractivity contribution >= 4 is 28.5 Å². The molecule has 4 aromatic rings. The van der Waals surface area contributed by atoms with E-state index in [9.17, 15) is 9.59 Å². The molecule has 5 heteroatoms. The first-order valence-corrected chi connectivity index (χ1v) is 12.0. The summed E-state index contributed by atoms with van der Waals surface area (Å²) in [5.41, 5.74) is 3.41. The number of hydrogen-bond donors (Lipinski definition) is 2. The fourth-order valence-corrected chi connectivity index (χ4v) is 4.08. The first-order valence-electron chi connectivity index (χ1n) is 12.0. The number of amides is 2. The first-order chi connectivity index (χ1) is 17.5. The SMILES string of the molecule is C/C(=C\[C@@H](C)C(=O)Nc1ccc2ccccc2c1)[C@@H](NC(=O)OCc1ccccc1)c1ccccc1. The molecule has 2 amide bonds. The van der Waals surface area contributed by atoms with Gasteiger partial charge >= 0.3 is 6.09 Å². The van der Waals surface area contributed by atoms with Crippen LogP contribution in [0.5, 0.6) is 0 Å². The highest BCUT2D eigenvalue weighted by atomic mass is 16.5. The maximum atomic E-state index is 13.0. The molecule has 2 atom stereocenters. The minimum absolute atomic E-state index is 0.122. The van der Waals surface area contributed by atoms with E-state index in [0.29, 0.717) is 0 Å². The second-order valence-electron chi connectivity index (χ2n) is 8.80. The Morgan fingerprint density at radius 2 is 1.47 bits per heavy atom. The van der Waals surface area contributed by atoms with Gasteiger partial charge in [-0.15, -0.1) is 0 Å². The van der Waals surface area contributed by atoms with Crippen LogP contribution in [0.4, 0.5) is 10.5 Å². The molecular formula is C31H30N2O3. The van der Waals surface area contributed by atoms with E-state index in [4.69, 9.17) is 4.74 Å². The molecular weight excluding hydrogens is 448 g/mol. The van der Waals surface area contributed by atoms with Crippen molar-refractivity contribution in [1.82, 2.24) is 5.32 Å². The average Bonchev–Trinajstić information content (AvgIpc) is 2.91. The predicted octanol–water partition coefficient (Wildman–Crippen LogP) is 7.03. The van der Waals surface area contributed by atoms with Crippen molar-refractivity contribution in [3.05, 3.63) is 126 Å². The Bertz CT molecular complexity index is 1350. The summed E-state index contributed by atoms with van der Waals surface area (Å²) in [5.74, 6) is -0.534. The number of carbonyl (C=O) groups is 2. The molecule has 0 spiro atoms. The summed E-state index contributed by atoms with van der Waals surface area (Å²) in [6, 6.07) is 32.6. The Labute approximate surface area is 211 Å². The number of alkyl carbamates (subject to hydrolysis) is 1. The zero-order chi connectivity index (χ0) is 25.3. The third-order valence-corrected chi connectivity index (χ3v) is 6.01. The van der Waals surface area contributed by atoms with Crippen molar-refractivity contribution in [2.24, 2.45) is 5.92 Å². The standard InChI is InChI=1S/C31H30N2O3/c1-22(19-23(2)30(34)32-28-18-17-25-13-9-10-16-27(25)20-28)29(26-14-7-4-8-15-26)33-31(35)36-21-24-11-5-3-6-12-24/h3-20,23,29H,21H2,1-2H3,(H,32,34)(H,33,35)/b22-19+/t23-,29-/m1/s1. The van der Waals surface area contributed by atoms with Crippen molar-refractivity contribution in [2.45, 2.75) is 26.5 Å². The molecule has 0 heterocycles. The van der Waals surface area contributed by atoms with Crippen LogP contribution in [-0.2, 0) is 16.1 Å². The number of nitrogens with one attached hydrogen (secondary N) is 2. The number of carbonyl (C=O) groups excluding carboxylic acids is 2. The molecule has 36 heavy (non-hydrogen) atoms. The highest BCUT2D eigenvalue weighted by Crippen LogP contribution is 2.24. The van der Waals surface area contributed by atoms with Gasteiger partial charge in [0.2, 0.25) is 5.91 Å². The number of fused-ring (bicyclic) bond motifs is 1. The largest absolute Gasteiger partial charge is 0.445 e. The number of anilines is 1. The molecule has 0 saturated heterocycles. The second kappa shape index (κ2) is 11.8. The van der Waals surface area contributed by atoms with E-state index >= 15 is 0 Å². The molecule has 4 rings (SSSR count). The van der Waals surface area contributed by atoms with Crippen LogP contribution in [0.15, 0.2) is 115 Å². The summed E-state index contributed by atoms with van der Waals surface area (Å²) >= 11 is 0. The molecule has 0 fully saturated rings. The number of ether oxygens (including phenoxy) is 1. The Morgan fingerprint density at radius 1 is 0.833 bits per heavy atom. The average molecular weight is 479 g/mol. The van der Waals surface area contributed by atoms with Crippen LogP contribution in [0, 0.1) is 5.92 Å². The minimum atomic E-state index is -0.520. The smallest absolute Gasteiger partial charge is 0.408 e. The van der Waals surface area contributed by atoms with Gasteiger partial charge in [0, 0.05) is 5.69 Å². The van der Waals surface area contributed by atoms with Crippen LogP contribution in [-0.4, -0.2) is 12.0 Å². The monoisotopic (exact) mass is 478 g/mol. The molecule has 5 nitrogen and oxygen atoms in total. The van der Waals surface area contributed by atoms with E-state index in [2.05, 4.69) is 10.6 Å². The maximum absolute atomic E-state index is 13.0. The van der Waals surface area contributed by atoms with Crippen LogP contribution < -0.4 is 10.6 Å². The highest BCUT2D eigenvalue weighted by molar-refractivity contribution is 5.96. The Balaban J connectivity index is 1.45. The quantitative estimate of drug-likeness (QED) is 0.267. The molecule has 0 unspecified atom stereocenters. The Hall–Kier alpha value is -4.38. The van der Waals surface area contributed by atoms with Crippen LogP contribution in [0.3, 0.4) is 0 Å². The van der Waals surface area contributed by atoms with Gasteiger partial charge in [0.15, 0.2) is 0 Å². The summed E-state index contributed by atoms with van der Waals surface area (Å²) < 4.78 is 5.44. The minimum Gasteiger partial charge on any atom is -0.445 e. The second-order valence-corrected chi connectivity index (χ2v) is 8.80. The fourth-order valence-electron chi connectivity index (χ4n) is 4.08. The van der Waals surface area contributed by atoms with Crippen molar-refractivity contribution in [3.63, 3.8) is 0 Å².